The van der Waals surface area contributed by atoms with Crippen LogP contribution >= 0.6 is 0 Å². The average molecular weight is 252 g/mol. The number of hydrogen-bond acceptors (Lipinski definition) is 2. The van der Waals surface area contributed by atoms with Crippen molar-refractivity contribution in [3.05, 3.63) is 30.3 Å². The number of unbranched alkanes of at least 4 members (excludes halogenated alkanes) is 3. The van der Waals surface area contributed by atoms with Gasteiger partial charge < -0.3 is 9.16 Å². The zero-order valence-corrected chi connectivity index (χ0v) is 12.3. The van der Waals surface area contributed by atoms with E-state index in [9.17, 15) is 0 Å². The summed E-state index contributed by atoms with van der Waals surface area (Å²) in [6, 6.07) is 11.2. The molecule has 2 nitrogen and oxygen atoms in total. The minimum atomic E-state index is -0.297. The van der Waals surface area contributed by atoms with Crippen LogP contribution in [0.2, 0.25) is 6.04 Å². The van der Waals surface area contributed by atoms with E-state index < -0.39 is 0 Å². The molecule has 0 atom stereocenters. The van der Waals surface area contributed by atoms with Gasteiger partial charge in [0, 0.05) is 0 Å². The summed E-state index contributed by atoms with van der Waals surface area (Å²) in [5.41, 5.74) is 0. The Morgan fingerprint density at radius 2 is 1.82 bits per heavy atom. The van der Waals surface area contributed by atoms with Gasteiger partial charge in [-0.15, -0.1) is 0 Å². The van der Waals surface area contributed by atoms with Crippen molar-refractivity contribution in [2.24, 2.45) is 0 Å². The van der Waals surface area contributed by atoms with Gasteiger partial charge in [0.15, 0.2) is 9.76 Å². The Bertz CT molecular complexity index is 264. The lowest BCUT2D eigenvalue weighted by Crippen LogP contribution is -2.09. The normalized spacial score (nSPS) is 11.1. The Kier molecular flexibility index (Phi) is 8.69. The number of hydrogen-bond donors (Lipinski definition) is 0. The maximum Gasteiger partial charge on any atom is 0.161 e. The van der Waals surface area contributed by atoms with E-state index in [1.165, 1.54) is 31.7 Å². The molecular formula is C14H24O2Si. The van der Waals surface area contributed by atoms with Crippen molar-refractivity contribution in [2.45, 2.75) is 38.7 Å². The molecule has 0 saturated heterocycles. The standard InChI is InChI=1S/C14H24O2Si/c1-2-3-4-8-13-17-16-12-11-15-14-9-6-5-7-10-14/h5-7,9-10H,2-4,8,11-13,17H2,1H3. The van der Waals surface area contributed by atoms with E-state index in [1.54, 1.807) is 0 Å². The van der Waals surface area contributed by atoms with Crippen molar-refractivity contribution in [3.8, 4) is 5.75 Å². The number of rotatable bonds is 10. The van der Waals surface area contributed by atoms with Crippen molar-refractivity contribution in [1.29, 1.82) is 0 Å². The fraction of sp³-hybridized carbons (Fsp3) is 0.571. The monoisotopic (exact) mass is 252 g/mol. The van der Waals surface area contributed by atoms with Gasteiger partial charge in [0.2, 0.25) is 0 Å². The Morgan fingerprint density at radius 3 is 2.59 bits per heavy atom. The van der Waals surface area contributed by atoms with Crippen molar-refractivity contribution in [3.63, 3.8) is 0 Å². The van der Waals surface area contributed by atoms with Crippen LogP contribution in [0, 0.1) is 0 Å². The van der Waals surface area contributed by atoms with Crippen LogP contribution in [0.25, 0.3) is 0 Å². The van der Waals surface area contributed by atoms with Crippen molar-refractivity contribution < 1.29 is 9.16 Å². The Balaban J connectivity index is 1.85. The molecule has 0 spiro atoms. The van der Waals surface area contributed by atoms with E-state index >= 15 is 0 Å². The summed E-state index contributed by atoms with van der Waals surface area (Å²) in [4.78, 5) is 0. The summed E-state index contributed by atoms with van der Waals surface area (Å²) in [5.74, 6) is 0.931. The second-order valence-electron chi connectivity index (χ2n) is 4.19. The van der Waals surface area contributed by atoms with E-state index in [0.29, 0.717) is 6.61 Å². The van der Waals surface area contributed by atoms with Crippen molar-refractivity contribution in [2.75, 3.05) is 13.2 Å². The van der Waals surface area contributed by atoms with Gasteiger partial charge >= 0.3 is 0 Å². The fourth-order valence-corrected chi connectivity index (χ4v) is 2.73. The molecule has 0 aliphatic rings. The molecule has 1 aromatic carbocycles. The molecule has 3 heteroatoms. The van der Waals surface area contributed by atoms with Gasteiger partial charge in [0.05, 0.1) is 6.61 Å². The molecule has 0 unspecified atom stereocenters. The fourth-order valence-electron chi connectivity index (χ4n) is 1.64. The maximum atomic E-state index is 5.65. The molecule has 0 radical (unpaired) electrons. The summed E-state index contributed by atoms with van der Waals surface area (Å²) in [6.45, 7) is 3.66. The Morgan fingerprint density at radius 1 is 1.00 bits per heavy atom. The summed E-state index contributed by atoms with van der Waals surface area (Å²) in [6.07, 6.45) is 5.39. The number of para-hydroxylation sites is 1. The number of ether oxygens (including phenoxy) is 1. The van der Waals surface area contributed by atoms with Gasteiger partial charge in [0.1, 0.15) is 12.4 Å². The van der Waals surface area contributed by atoms with Gasteiger partial charge in [-0.3, -0.25) is 0 Å². The Hall–Kier alpha value is -0.803. The second kappa shape index (κ2) is 10.4. The molecule has 0 aromatic heterocycles. The van der Waals surface area contributed by atoms with E-state index in [-0.39, 0.29) is 9.76 Å². The highest BCUT2D eigenvalue weighted by Gasteiger charge is 1.93. The Labute approximate surface area is 107 Å². The molecule has 1 rings (SSSR count). The summed E-state index contributed by atoms with van der Waals surface area (Å²) >= 11 is 0. The predicted octanol–water partition coefficient (Wildman–Crippen LogP) is 3.16. The highest BCUT2D eigenvalue weighted by molar-refractivity contribution is 6.26. The predicted molar refractivity (Wildman–Crippen MR) is 75.4 cm³/mol. The minimum Gasteiger partial charge on any atom is -0.491 e. The first-order chi connectivity index (χ1) is 8.43. The first kappa shape index (κ1) is 14.3. The molecule has 0 aliphatic carbocycles. The third kappa shape index (κ3) is 7.99. The molecule has 0 fully saturated rings. The SMILES string of the molecule is CCCCCC[SiH2]OCCOc1ccccc1. The molecular weight excluding hydrogens is 228 g/mol. The summed E-state index contributed by atoms with van der Waals surface area (Å²) in [7, 11) is -0.297. The van der Waals surface area contributed by atoms with E-state index in [4.69, 9.17) is 9.16 Å². The zero-order valence-electron chi connectivity index (χ0n) is 10.9. The van der Waals surface area contributed by atoms with Crippen molar-refractivity contribution >= 4 is 9.76 Å². The average Bonchev–Trinajstić information content (AvgIpc) is 2.38. The lowest BCUT2D eigenvalue weighted by atomic mass is 10.2. The molecule has 0 saturated carbocycles. The topological polar surface area (TPSA) is 18.5 Å². The first-order valence-electron chi connectivity index (χ1n) is 6.69. The maximum absolute atomic E-state index is 5.65. The van der Waals surface area contributed by atoms with Gasteiger partial charge in [-0.05, 0) is 18.2 Å². The van der Waals surface area contributed by atoms with Crippen LogP contribution in [-0.2, 0) is 4.43 Å². The van der Waals surface area contributed by atoms with E-state index in [2.05, 4.69) is 6.92 Å². The number of benzene rings is 1. The van der Waals surface area contributed by atoms with Gasteiger partial charge in [-0.1, -0.05) is 50.8 Å². The van der Waals surface area contributed by atoms with Crippen LogP contribution in [0.3, 0.4) is 0 Å². The van der Waals surface area contributed by atoms with Crippen molar-refractivity contribution in [1.82, 2.24) is 0 Å². The lowest BCUT2D eigenvalue weighted by Gasteiger charge is -2.06. The molecule has 0 amide bonds. The quantitative estimate of drug-likeness (QED) is 0.470. The largest absolute Gasteiger partial charge is 0.491 e. The highest BCUT2D eigenvalue weighted by Crippen LogP contribution is 2.07. The lowest BCUT2D eigenvalue weighted by molar-refractivity contribution is 0.223. The molecule has 0 N–H and O–H groups in total. The van der Waals surface area contributed by atoms with Crippen LogP contribution in [0.1, 0.15) is 32.6 Å². The van der Waals surface area contributed by atoms with Crippen LogP contribution < -0.4 is 4.74 Å². The molecule has 1 aromatic rings. The van der Waals surface area contributed by atoms with Crippen LogP contribution in [0.15, 0.2) is 30.3 Å². The molecule has 17 heavy (non-hydrogen) atoms. The first-order valence-corrected chi connectivity index (χ1v) is 8.27. The molecule has 96 valence electrons. The van der Waals surface area contributed by atoms with Crippen LogP contribution in [0.5, 0.6) is 5.75 Å². The van der Waals surface area contributed by atoms with Gasteiger partial charge in [0.25, 0.3) is 0 Å². The van der Waals surface area contributed by atoms with E-state index in [1.807, 2.05) is 30.3 Å². The van der Waals surface area contributed by atoms with E-state index in [0.717, 1.165) is 12.4 Å². The molecule has 0 heterocycles. The zero-order chi connectivity index (χ0) is 12.2. The molecule has 0 aliphatic heterocycles. The second-order valence-corrected chi connectivity index (χ2v) is 5.71. The minimum absolute atomic E-state index is 0.297. The third-order valence-electron chi connectivity index (χ3n) is 2.63. The highest BCUT2D eigenvalue weighted by atomic mass is 28.2. The van der Waals surface area contributed by atoms with Crippen LogP contribution in [0.4, 0.5) is 0 Å². The third-order valence-corrected chi connectivity index (χ3v) is 4.00. The van der Waals surface area contributed by atoms with Gasteiger partial charge in [-0.2, -0.15) is 0 Å². The summed E-state index contributed by atoms with van der Waals surface area (Å²) < 4.78 is 11.2. The van der Waals surface area contributed by atoms with Gasteiger partial charge in [-0.25, -0.2) is 0 Å². The summed E-state index contributed by atoms with van der Waals surface area (Å²) in [5, 5.41) is 0. The smallest absolute Gasteiger partial charge is 0.161 e. The molecule has 0 bridgehead atoms. The van der Waals surface area contributed by atoms with Crippen LogP contribution in [-0.4, -0.2) is 23.0 Å².